The number of hydrogen-bond acceptors (Lipinski definition) is 5. The number of carbonyl (C=O) groups excluding carboxylic acids is 1. The van der Waals surface area contributed by atoms with Gasteiger partial charge in [-0.15, -0.1) is 0 Å². The number of hydrogen-bond donors (Lipinski definition) is 1. The topological polar surface area (TPSA) is 69.2 Å². The van der Waals surface area contributed by atoms with Crippen LogP contribution >= 0.6 is 11.6 Å². The number of methoxy groups -OCH3 is 1. The number of benzene rings is 2. The van der Waals surface area contributed by atoms with Gasteiger partial charge in [-0.1, -0.05) is 24.9 Å². The molecular weight excluding hydrogens is 368 g/mol. The second-order valence-electron chi connectivity index (χ2n) is 5.65. The number of unbranched alkanes of at least 4 members (excludes halogenated alkanes) is 1. The van der Waals surface area contributed by atoms with Crippen LogP contribution in [0.5, 0.6) is 17.2 Å². The van der Waals surface area contributed by atoms with E-state index in [9.17, 15) is 4.79 Å². The molecule has 2 aromatic carbocycles. The summed E-state index contributed by atoms with van der Waals surface area (Å²) in [5, 5.41) is 4.53. The molecule has 0 radical (unpaired) electrons. The number of carbonyl (C=O) groups is 1. The van der Waals surface area contributed by atoms with E-state index < -0.39 is 0 Å². The van der Waals surface area contributed by atoms with Crippen LogP contribution in [0.4, 0.5) is 0 Å². The Labute approximate surface area is 164 Å². The molecule has 1 N–H and O–H groups in total. The van der Waals surface area contributed by atoms with Crippen LogP contribution in [0.3, 0.4) is 0 Å². The highest BCUT2D eigenvalue weighted by Gasteiger charge is 2.05. The van der Waals surface area contributed by atoms with Crippen molar-refractivity contribution in [2.24, 2.45) is 5.10 Å². The lowest BCUT2D eigenvalue weighted by molar-refractivity contribution is -0.123. The minimum atomic E-state index is -0.368. The number of rotatable bonds is 10. The fourth-order valence-electron chi connectivity index (χ4n) is 2.10. The Balaban J connectivity index is 1.83. The van der Waals surface area contributed by atoms with Crippen molar-refractivity contribution in [2.75, 3.05) is 20.3 Å². The molecule has 0 atom stereocenters. The highest BCUT2D eigenvalue weighted by atomic mass is 35.5. The number of nitrogens with one attached hydrogen (secondary N) is 1. The van der Waals surface area contributed by atoms with Crippen molar-refractivity contribution in [2.45, 2.75) is 19.8 Å². The summed E-state index contributed by atoms with van der Waals surface area (Å²) in [6, 6.07) is 12.2. The molecule has 0 unspecified atom stereocenters. The molecule has 0 spiro atoms. The third-order valence-corrected chi connectivity index (χ3v) is 3.78. The quantitative estimate of drug-likeness (QED) is 0.377. The molecule has 0 aliphatic rings. The summed E-state index contributed by atoms with van der Waals surface area (Å²) in [7, 11) is 1.58. The summed E-state index contributed by atoms with van der Waals surface area (Å²) in [6.45, 7) is 2.60. The average Bonchev–Trinajstić information content (AvgIpc) is 2.68. The Kier molecular flexibility index (Phi) is 8.45. The van der Waals surface area contributed by atoms with Gasteiger partial charge in [-0.05, 0) is 54.4 Å². The van der Waals surface area contributed by atoms with Crippen molar-refractivity contribution < 1.29 is 19.0 Å². The Morgan fingerprint density at radius 1 is 1.15 bits per heavy atom. The number of hydrazone groups is 1. The van der Waals surface area contributed by atoms with Crippen LogP contribution < -0.4 is 19.6 Å². The first-order valence-electron chi connectivity index (χ1n) is 8.63. The maximum absolute atomic E-state index is 11.8. The van der Waals surface area contributed by atoms with Gasteiger partial charge in [-0.2, -0.15) is 5.10 Å². The Hall–Kier alpha value is -2.73. The highest BCUT2D eigenvalue weighted by molar-refractivity contribution is 6.30. The van der Waals surface area contributed by atoms with Crippen LogP contribution in [0, 0.1) is 0 Å². The molecule has 0 bridgehead atoms. The molecule has 0 fully saturated rings. The molecule has 6 nitrogen and oxygen atoms in total. The zero-order chi connectivity index (χ0) is 19.5. The Bertz CT molecular complexity index is 763. The Morgan fingerprint density at radius 3 is 2.63 bits per heavy atom. The predicted octanol–water partition coefficient (Wildman–Crippen LogP) is 4.06. The molecule has 0 heterocycles. The molecule has 7 heteroatoms. The lowest BCUT2D eigenvalue weighted by Gasteiger charge is -2.10. The second kappa shape index (κ2) is 11.1. The number of halogens is 1. The van der Waals surface area contributed by atoms with Crippen molar-refractivity contribution >= 4 is 23.7 Å². The molecular formula is C20H23ClN2O4. The van der Waals surface area contributed by atoms with E-state index in [1.165, 1.54) is 6.21 Å². The lowest BCUT2D eigenvalue weighted by Crippen LogP contribution is -2.24. The molecule has 0 aliphatic heterocycles. The minimum Gasteiger partial charge on any atom is -0.493 e. The van der Waals surface area contributed by atoms with Gasteiger partial charge in [0.05, 0.1) is 19.9 Å². The fraction of sp³-hybridized carbons (Fsp3) is 0.300. The van der Waals surface area contributed by atoms with E-state index in [2.05, 4.69) is 17.5 Å². The first-order valence-corrected chi connectivity index (χ1v) is 9.01. The minimum absolute atomic E-state index is 0.146. The van der Waals surface area contributed by atoms with Gasteiger partial charge in [0.25, 0.3) is 5.91 Å². The van der Waals surface area contributed by atoms with Gasteiger partial charge in [0.2, 0.25) is 0 Å². The van der Waals surface area contributed by atoms with E-state index in [0.29, 0.717) is 28.9 Å². The monoisotopic (exact) mass is 390 g/mol. The van der Waals surface area contributed by atoms with Crippen LogP contribution in [-0.4, -0.2) is 32.4 Å². The third-order valence-electron chi connectivity index (χ3n) is 3.53. The van der Waals surface area contributed by atoms with Gasteiger partial charge in [0.1, 0.15) is 5.75 Å². The van der Waals surface area contributed by atoms with Crippen molar-refractivity contribution in [3.8, 4) is 17.2 Å². The number of ether oxygens (including phenoxy) is 3. The average molecular weight is 391 g/mol. The molecule has 0 saturated heterocycles. The van der Waals surface area contributed by atoms with Crippen molar-refractivity contribution in [3.63, 3.8) is 0 Å². The zero-order valence-corrected chi connectivity index (χ0v) is 16.2. The molecule has 2 aromatic rings. The van der Waals surface area contributed by atoms with Crippen molar-refractivity contribution in [1.82, 2.24) is 5.43 Å². The van der Waals surface area contributed by atoms with E-state index in [4.69, 9.17) is 25.8 Å². The van der Waals surface area contributed by atoms with Gasteiger partial charge in [0.15, 0.2) is 18.1 Å². The SMILES string of the molecule is CCCCOc1ccc(/C=N\NC(=O)COc2ccc(Cl)cc2)cc1OC. The summed E-state index contributed by atoms with van der Waals surface area (Å²) in [5.74, 6) is 1.49. The van der Waals surface area contributed by atoms with Gasteiger partial charge >= 0.3 is 0 Å². The summed E-state index contributed by atoms with van der Waals surface area (Å²) >= 11 is 5.79. The van der Waals surface area contributed by atoms with Crippen LogP contribution in [0.25, 0.3) is 0 Å². The first-order chi connectivity index (χ1) is 13.1. The summed E-state index contributed by atoms with van der Waals surface area (Å²) in [6.07, 6.45) is 3.57. The van der Waals surface area contributed by atoms with Gasteiger partial charge in [-0.25, -0.2) is 5.43 Å². The molecule has 0 aliphatic carbocycles. The van der Waals surface area contributed by atoms with E-state index in [1.54, 1.807) is 37.4 Å². The van der Waals surface area contributed by atoms with Crippen LogP contribution in [0.15, 0.2) is 47.6 Å². The third kappa shape index (κ3) is 7.19. The van der Waals surface area contributed by atoms with Crippen molar-refractivity contribution in [1.29, 1.82) is 0 Å². The van der Waals surface area contributed by atoms with E-state index in [0.717, 1.165) is 18.4 Å². The molecule has 0 aromatic heterocycles. The predicted molar refractivity (Wildman–Crippen MR) is 106 cm³/mol. The normalized spacial score (nSPS) is 10.6. The molecule has 1 amide bonds. The Morgan fingerprint density at radius 2 is 1.93 bits per heavy atom. The van der Waals surface area contributed by atoms with E-state index >= 15 is 0 Å². The molecule has 27 heavy (non-hydrogen) atoms. The summed E-state index contributed by atoms with van der Waals surface area (Å²) in [5.41, 5.74) is 3.19. The number of nitrogens with zero attached hydrogens (tertiary/aromatic N) is 1. The molecule has 0 saturated carbocycles. The van der Waals surface area contributed by atoms with Gasteiger partial charge in [-0.3, -0.25) is 4.79 Å². The summed E-state index contributed by atoms with van der Waals surface area (Å²) in [4.78, 5) is 11.8. The lowest BCUT2D eigenvalue weighted by atomic mass is 10.2. The van der Waals surface area contributed by atoms with E-state index in [1.807, 2.05) is 12.1 Å². The molecule has 144 valence electrons. The standard InChI is InChI=1S/C20H23ClN2O4/c1-3-4-11-26-18-10-5-15(12-19(18)25-2)13-22-23-20(24)14-27-17-8-6-16(21)7-9-17/h5-10,12-13H,3-4,11,14H2,1-2H3,(H,23,24)/b22-13-. The smallest absolute Gasteiger partial charge is 0.277 e. The fourth-order valence-corrected chi connectivity index (χ4v) is 2.23. The number of amides is 1. The maximum Gasteiger partial charge on any atom is 0.277 e. The van der Waals surface area contributed by atoms with Crippen LogP contribution in [0.1, 0.15) is 25.3 Å². The van der Waals surface area contributed by atoms with Crippen molar-refractivity contribution in [3.05, 3.63) is 53.1 Å². The van der Waals surface area contributed by atoms with E-state index in [-0.39, 0.29) is 12.5 Å². The largest absolute Gasteiger partial charge is 0.493 e. The van der Waals surface area contributed by atoms with Gasteiger partial charge < -0.3 is 14.2 Å². The summed E-state index contributed by atoms with van der Waals surface area (Å²) < 4.78 is 16.4. The van der Waals surface area contributed by atoms with Crippen LogP contribution in [-0.2, 0) is 4.79 Å². The second-order valence-corrected chi connectivity index (χ2v) is 6.08. The maximum atomic E-state index is 11.8. The van der Waals surface area contributed by atoms with Gasteiger partial charge in [0, 0.05) is 5.02 Å². The molecule has 2 rings (SSSR count). The highest BCUT2D eigenvalue weighted by Crippen LogP contribution is 2.27. The first kappa shape index (κ1) is 20.6. The van der Waals surface area contributed by atoms with Crippen LogP contribution in [0.2, 0.25) is 5.02 Å². The zero-order valence-electron chi connectivity index (χ0n) is 15.4.